The number of rotatable bonds is 7. The number of hydrogen-bond acceptors (Lipinski definition) is 4. The molecule has 1 aliphatic carbocycles. The smallest absolute Gasteiger partial charge is 0.407 e. The van der Waals surface area contributed by atoms with Crippen LogP contribution in [0.1, 0.15) is 50.2 Å². The van der Waals surface area contributed by atoms with Gasteiger partial charge in [-0.05, 0) is 47.4 Å². The molecule has 1 aliphatic heterocycles. The van der Waals surface area contributed by atoms with Gasteiger partial charge in [-0.2, -0.15) is 0 Å². The normalized spacial score (nSPS) is 18.0. The van der Waals surface area contributed by atoms with Gasteiger partial charge in [0.1, 0.15) is 18.7 Å². The van der Waals surface area contributed by atoms with Crippen molar-refractivity contribution in [2.24, 2.45) is 5.92 Å². The first kappa shape index (κ1) is 22.8. The summed E-state index contributed by atoms with van der Waals surface area (Å²) in [6, 6.07) is 14.5. The minimum Gasteiger partial charge on any atom is -0.480 e. The Balaban J connectivity index is 1.44. The van der Waals surface area contributed by atoms with E-state index in [0.717, 1.165) is 22.3 Å². The molecule has 2 atom stereocenters. The predicted molar refractivity (Wildman–Crippen MR) is 124 cm³/mol. The molecule has 7 heteroatoms. The number of aliphatic carboxylic acids is 1. The van der Waals surface area contributed by atoms with E-state index in [2.05, 4.69) is 17.4 Å². The number of carboxylic acid groups (broad SMARTS) is 1. The van der Waals surface area contributed by atoms with Gasteiger partial charge in [0, 0.05) is 12.5 Å². The first-order valence-electron chi connectivity index (χ1n) is 11.5. The topological polar surface area (TPSA) is 95.9 Å². The molecule has 1 unspecified atom stereocenters. The van der Waals surface area contributed by atoms with Crippen LogP contribution in [0.2, 0.25) is 0 Å². The van der Waals surface area contributed by atoms with E-state index < -0.39 is 24.1 Å². The van der Waals surface area contributed by atoms with Crippen LogP contribution >= 0.6 is 0 Å². The molecule has 0 aromatic heterocycles. The van der Waals surface area contributed by atoms with Gasteiger partial charge in [-0.25, -0.2) is 9.59 Å². The van der Waals surface area contributed by atoms with Crippen LogP contribution in [0.5, 0.6) is 0 Å². The Hall–Kier alpha value is -3.35. The Morgan fingerprint density at radius 2 is 1.67 bits per heavy atom. The molecule has 0 spiro atoms. The van der Waals surface area contributed by atoms with E-state index >= 15 is 0 Å². The molecule has 2 amide bonds. The van der Waals surface area contributed by atoms with Crippen molar-refractivity contribution in [1.29, 1.82) is 0 Å². The largest absolute Gasteiger partial charge is 0.480 e. The average Bonchev–Trinajstić information content (AvgIpc) is 3.40. The van der Waals surface area contributed by atoms with E-state index in [1.807, 2.05) is 50.2 Å². The second kappa shape index (κ2) is 9.65. The number of carbonyl (C=O) groups excluding carboxylic acids is 2. The minimum atomic E-state index is -1.01. The van der Waals surface area contributed by atoms with Gasteiger partial charge in [0.15, 0.2) is 0 Å². The third-order valence-corrected chi connectivity index (χ3v) is 6.46. The van der Waals surface area contributed by atoms with E-state index in [9.17, 15) is 19.5 Å². The molecule has 33 heavy (non-hydrogen) atoms. The lowest BCUT2D eigenvalue weighted by Gasteiger charge is -2.28. The zero-order valence-corrected chi connectivity index (χ0v) is 19.0. The monoisotopic (exact) mass is 450 g/mol. The highest BCUT2D eigenvalue weighted by Crippen LogP contribution is 2.44. The van der Waals surface area contributed by atoms with Crippen molar-refractivity contribution in [3.8, 4) is 11.1 Å². The number of likely N-dealkylation sites (tertiary alicyclic amines) is 1. The summed E-state index contributed by atoms with van der Waals surface area (Å²) in [5.74, 6) is -1.30. The van der Waals surface area contributed by atoms with Crippen LogP contribution in [-0.2, 0) is 14.3 Å². The lowest BCUT2D eigenvalue weighted by atomic mass is 9.98. The van der Waals surface area contributed by atoms with Crippen LogP contribution in [0.4, 0.5) is 4.79 Å². The summed E-state index contributed by atoms with van der Waals surface area (Å²) in [5.41, 5.74) is 4.51. The summed E-state index contributed by atoms with van der Waals surface area (Å²) in [5, 5.41) is 12.1. The lowest BCUT2D eigenvalue weighted by Crippen LogP contribution is -2.52. The number of amides is 2. The molecule has 2 aromatic carbocycles. The van der Waals surface area contributed by atoms with Crippen molar-refractivity contribution in [2.75, 3.05) is 13.2 Å². The predicted octanol–water partition coefficient (Wildman–Crippen LogP) is 4.02. The van der Waals surface area contributed by atoms with Crippen molar-refractivity contribution in [3.05, 3.63) is 59.7 Å². The van der Waals surface area contributed by atoms with Gasteiger partial charge in [0.05, 0.1) is 0 Å². The molecule has 0 radical (unpaired) electrons. The van der Waals surface area contributed by atoms with Crippen LogP contribution in [0.15, 0.2) is 48.5 Å². The molecule has 1 fully saturated rings. The van der Waals surface area contributed by atoms with Crippen LogP contribution in [0.3, 0.4) is 0 Å². The molecule has 2 aliphatic rings. The number of ether oxygens (including phenoxy) is 1. The lowest BCUT2D eigenvalue weighted by molar-refractivity contribution is -0.149. The third-order valence-electron chi connectivity index (χ3n) is 6.46. The third kappa shape index (κ3) is 4.72. The maximum absolute atomic E-state index is 13.1. The van der Waals surface area contributed by atoms with Gasteiger partial charge in [-0.15, -0.1) is 0 Å². The summed E-state index contributed by atoms with van der Waals surface area (Å²) >= 11 is 0. The molecule has 1 saturated heterocycles. The first-order chi connectivity index (χ1) is 15.9. The molecule has 0 saturated carbocycles. The Labute approximate surface area is 193 Å². The van der Waals surface area contributed by atoms with Crippen molar-refractivity contribution in [2.45, 2.75) is 51.1 Å². The number of nitrogens with one attached hydrogen (secondary N) is 1. The summed E-state index contributed by atoms with van der Waals surface area (Å²) in [7, 11) is 0. The summed E-state index contributed by atoms with van der Waals surface area (Å²) in [4.78, 5) is 38.7. The van der Waals surface area contributed by atoms with E-state index in [0.29, 0.717) is 25.8 Å². The second-order valence-electron chi connectivity index (χ2n) is 9.18. The minimum absolute atomic E-state index is 0.0719. The van der Waals surface area contributed by atoms with Crippen LogP contribution in [0, 0.1) is 5.92 Å². The summed E-state index contributed by atoms with van der Waals surface area (Å²) in [6.45, 7) is 4.46. The molecule has 2 N–H and O–H groups in total. The molecule has 7 nitrogen and oxygen atoms in total. The first-order valence-corrected chi connectivity index (χ1v) is 11.5. The Morgan fingerprint density at radius 3 is 2.24 bits per heavy atom. The molecule has 0 bridgehead atoms. The van der Waals surface area contributed by atoms with Crippen molar-refractivity contribution >= 4 is 18.0 Å². The number of alkyl carbamates (subject to hydrolysis) is 1. The number of hydrogen-bond donors (Lipinski definition) is 2. The van der Waals surface area contributed by atoms with Crippen LogP contribution in [-0.4, -0.2) is 53.2 Å². The Bertz CT molecular complexity index is 1000. The Kier molecular flexibility index (Phi) is 6.67. The fraction of sp³-hybridized carbons (Fsp3) is 0.423. The van der Waals surface area contributed by atoms with E-state index in [4.69, 9.17) is 4.74 Å². The van der Waals surface area contributed by atoms with Gasteiger partial charge < -0.3 is 20.1 Å². The maximum atomic E-state index is 13.1. The van der Waals surface area contributed by atoms with Crippen molar-refractivity contribution < 1.29 is 24.2 Å². The number of fused-ring (bicyclic) bond motifs is 3. The van der Waals surface area contributed by atoms with Crippen molar-refractivity contribution in [3.63, 3.8) is 0 Å². The van der Waals surface area contributed by atoms with Gasteiger partial charge in [0.25, 0.3) is 0 Å². The SMILES string of the molecule is CC(C)C[C@@H](NC(=O)OCC1c2ccccc2-c2ccccc21)C(=O)N1CCCC1C(=O)O. The number of carboxylic acids is 1. The zero-order valence-electron chi connectivity index (χ0n) is 19.0. The molecule has 174 valence electrons. The van der Waals surface area contributed by atoms with Crippen LogP contribution in [0.25, 0.3) is 11.1 Å². The number of benzene rings is 2. The zero-order chi connectivity index (χ0) is 23.5. The van der Waals surface area contributed by atoms with Gasteiger partial charge in [-0.3, -0.25) is 4.79 Å². The molecule has 4 rings (SSSR count). The van der Waals surface area contributed by atoms with Gasteiger partial charge >= 0.3 is 12.1 Å². The van der Waals surface area contributed by atoms with Gasteiger partial charge in [0.2, 0.25) is 5.91 Å². The standard InChI is InChI=1S/C26H30N2O5/c1-16(2)14-22(24(29)28-13-7-12-23(28)25(30)31)27-26(32)33-15-21-19-10-5-3-8-17(19)18-9-4-6-11-20(18)21/h3-6,8-11,16,21-23H,7,12-15H2,1-2H3,(H,27,32)(H,30,31)/t22-,23?/m1/s1. The molecule has 2 aromatic rings. The fourth-order valence-corrected chi connectivity index (χ4v) is 4.96. The highest BCUT2D eigenvalue weighted by Gasteiger charge is 2.38. The van der Waals surface area contributed by atoms with Crippen molar-refractivity contribution in [1.82, 2.24) is 10.2 Å². The molecular weight excluding hydrogens is 420 g/mol. The van der Waals surface area contributed by atoms with E-state index in [-0.39, 0.29) is 24.3 Å². The molecule has 1 heterocycles. The van der Waals surface area contributed by atoms with E-state index in [1.165, 1.54) is 4.90 Å². The highest BCUT2D eigenvalue weighted by atomic mass is 16.5. The quantitative estimate of drug-likeness (QED) is 0.664. The maximum Gasteiger partial charge on any atom is 0.407 e. The summed E-state index contributed by atoms with van der Waals surface area (Å²) < 4.78 is 5.60. The van der Waals surface area contributed by atoms with E-state index in [1.54, 1.807) is 0 Å². The summed E-state index contributed by atoms with van der Waals surface area (Å²) in [6.07, 6.45) is 0.816. The van der Waals surface area contributed by atoms with Gasteiger partial charge in [-0.1, -0.05) is 62.4 Å². The second-order valence-corrected chi connectivity index (χ2v) is 9.18. The number of carbonyl (C=O) groups is 3. The molecular formula is C26H30N2O5. The Morgan fingerprint density at radius 1 is 1.06 bits per heavy atom. The van der Waals surface area contributed by atoms with Crippen LogP contribution < -0.4 is 5.32 Å². The average molecular weight is 451 g/mol. The highest BCUT2D eigenvalue weighted by molar-refractivity contribution is 5.89. The number of nitrogens with zero attached hydrogens (tertiary/aromatic N) is 1. The fourth-order valence-electron chi connectivity index (χ4n) is 4.96.